The summed E-state index contributed by atoms with van der Waals surface area (Å²) in [6.45, 7) is 2.46. The normalized spacial score (nSPS) is 18.1. The minimum atomic E-state index is -0.333. The predicted molar refractivity (Wildman–Crippen MR) is 87.9 cm³/mol. The molecule has 0 bridgehead atoms. The molecule has 1 saturated carbocycles. The lowest BCUT2D eigenvalue weighted by atomic mass is 9.85. The van der Waals surface area contributed by atoms with E-state index in [0.29, 0.717) is 6.54 Å². The maximum atomic E-state index is 12.5. The van der Waals surface area contributed by atoms with Gasteiger partial charge >= 0.3 is 0 Å². The van der Waals surface area contributed by atoms with Crippen LogP contribution in [-0.2, 0) is 4.79 Å². The summed E-state index contributed by atoms with van der Waals surface area (Å²) in [4.78, 5) is 12.5. The van der Waals surface area contributed by atoms with Crippen molar-refractivity contribution in [2.45, 2.75) is 38.6 Å². The van der Waals surface area contributed by atoms with Gasteiger partial charge in [0, 0.05) is 11.0 Å². The first kappa shape index (κ1) is 17.5. The van der Waals surface area contributed by atoms with Gasteiger partial charge in [0.05, 0.1) is 11.5 Å². The third-order valence-electron chi connectivity index (χ3n) is 4.13. The van der Waals surface area contributed by atoms with E-state index in [2.05, 4.69) is 21.2 Å². The molecule has 0 saturated heterocycles. The molecule has 3 N–H and O–H groups in total. The van der Waals surface area contributed by atoms with Gasteiger partial charge in [-0.25, -0.2) is 0 Å². The molecular formula is C15H22BrClN2O. The molecule has 112 valence electrons. The summed E-state index contributed by atoms with van der Waals surface area (Å²) < 4.78 is 1.03. The molecule has 1 atom stereocenters. The molecule has 1 amide bonds. The molecule has 1 aliphatic rings. The average molecular weight is 362 g/mol. The Kier molecular flexibility index (Phi) is 6.49. The highest BCUT2D eigenvalue weighted by Gasteiger charge is 2.40. The monoisotopic (exact) mass is 360 g/mol. The Balaban J connectivity index is 0.00000200. The first-order valence-electron chi connectivity index (χ1n) is 6.84. The Morgan fingerprint density at radius 2 is 2.10 bits per heavy atom. The molecular weight excluding hydrogens is 340 g/mol. The number of carbonyl (C=O) groups excluding carboxylic acids is 1. The van der Waals surface area contributed by atoms with E-state index < -0.39 is 0 Å². The summed E-state index contributed by atoms with van der Waals surface area (Å²) in [7, 11) is 0. The molecule has 0 spiro atoms. The molecule has 1 fully saturated rings. The summed E-state index contributed by atoms with van der Waals surface area (Å²) in [5.41, 5.74) is 6.61. The summed E-state index contributed by atoms with van der Waals surface area (Å²) in [5, 5.41) is 3.12. The molecule has 20 heavy (non-hydrogen) atoms. The summed E-state index contributed by atoms with van der Waals surface area (Å²) in [6.07, 6.45) is 4.05. The van der Waals surface area contributed by atoms with Gasteiger partial charge in [0.1, 0.15) is 0 Å². The number of benzene rings is 1. The molecule has 0 aromatic heterocycles. The zero-order chi connectivity index (χ0) is 13.9. The van der Waals surface area contributed by atoms with Crippen LogP contribution in [0.25, 0.3) is 0 Å². The zero-order valence-corrected chi connectivity index (χ0v) is 14.1. The van der Waals surface area contributed by atoms with Crippen molar-refractivity contribution in [3.05, 3.63) is 34.3 Å². The molecule has 0 aliphatic heterocycles. The number of rotatable bonds is 4. The molecule has 1 aromatic carbocycles. The minimum absolute atomic E-state index is 0. The van der Waals surface area contributed by atoms with Crippen LogP contribution in [0.1, 0.15) is 44.2 Å². The molecule has 1 unspecified atom stereocenters. The second kappa shape index (κ2) is 7.43. The quantitative estimate of drug-likeness (QED) is 0.861. The second-order valence-electron chi connectivity index (χ2n) is 5.44. The Morgan fingerprint density at radius 1 is 1.45 bits per heavy atom. The predicted octanol–water partition coefficient (Wildman–Crippen LogP) is 3.57. The van der Waals surface area contributed by atoms with Gasteiger partial charge in [-0.15, -0.1) is 12.4 Å². The van der Waals surface area contributed by atoms with E-state index in [1.807, 2.05) is 31.2 Å². The Labute approximate surface area is 135 Å². The number of hydrogen-bond donors (Lipinski definition) is 2. The van der Waals surface area contributed by atoms with Crippen molar-refractivity contribution < 1.29 is 4.79 Å². The second-order valence-corrected chi connectivity index (χ2v) is 6.36. The van der Waals surface area contributed by atoms with Gasteiger partial charge in [0.15, 0.2) is 0 Å². The lowest BCUT2D eigenvalue weighted by Crippen LogP contribution is -2.44. The van der Waals surface area contributed by atoms with Crippen molar-refractivity contribution >= 4 is 34.2 Å². The van der Waals surface area contributed by atoms with Crippen LogP contribution < -0.4 is 11.1 Å². The first-order valence-corrected chi connectivity index (χ1v) is 7.63. The van der Waals surface area contributed by atoms with Crippen molar-refractivity contribution in [1.82, 2.24) is 5.32 Å². The topological polar surface area (TPSA) is 55.1 Å². The van der Waals surface area contributed by atoms with Gasteiger partial charge in [-0.2, -0.15) is 0 Å². The van der Waals surface area contributed by atoms with Gasteiger partial charge in [0.2, 0.25) is 5.91 Å². The van der Waals surface area contributed by atoms with Crippen LogP contribution in [0.4, 0.5) is 0 Å². The maximum Gasteiger partial charge on any atom is 0.227 e. The third kappa shape index (κ3) is 3.74. The molecule has 5 heteroatoms. The fourth-order valence-corrected chi connectivity index (χ4v) is 3.20. The summed E-state index contributed by atoms with van der Waals surface area (Å²) in [5.74, 6) is 0.111. The van der Waals surface area contributed by atoms with Crippen LogP contribution in [0.5, 0.6) is 0 Å². The molecule has 3 nitrogen and oxygen atoms in total. The van der Waals surface area contributed by atoms with E-state index in [0.717, 1.165) is 35.7 Å². The fraction of sp³-hybridized carbons (Fsp3) is 0.533. The van der Waals surface area contributed by atoms with Crippen molar-refractivity contribution in [3.8, 4) is 0 Å². The van der Waals surface area contributed by atoms with Gasteiger partial charge in [0.25, 0.3) is 0 Å². The molecule has 2 rings (SSSR count). The first-order chi connectivity index (χ1) is 9.07. The van der Waals surface area contributed by atoms with Crippen molar-refractivity contribution in [2.24, 2.45) is 11.1 Å². The van der Waals surface area contributed by atoms with Crippen LogP contribution in [0.3, 0.4) is 0 Å². The molecule has 1 aliphatic carbocycles. The molecule has 0 heterocycles. The zero-order valence-electron chi connectivity index (χ0n) is 11.7. The summed E-state index contributed by atoms with van der Waals surface area (Å²) >= 11 is 3.45. The highest BCUT2D eigenvalue weighted by atomic mass is 79.9. The summed E-state index contributed by atoms with van der Waals surface area (Å²) in [6, 6.07) is 8.04. The lowest BCUT2D eigenvalue weighted by Gasteiger charge is -2.28. The van der Waals surface area contributed by atoms with E-state index in [-0.39, 0.29) is 29.8 Å². The van der Waals surface area contributed by atoms with E-state index in [9.17, 15) is 4.79 Å². The van der Waals surface area contributed by atoms with E-state index >= 15 is 0 Å². The van der Waals surface area contributed by atoms with Crippen LogP contribution in [-0.4, -0.2) is 12.5 Å². The van der Waals surface area contributed by atoms with Crippen LogP contribution in [0.2, 0.25) is 0 Å². The Morgan fingerprint density at radius 3 is 2.65 bits per heavy atom. The number of nitrogens with one attached hydrogen (secondary N) is 1. The number of amides is 1. The number of nitrogens with two attached hydrogens (primary N) is 1. The van der Waals surface area contributed by atoms with Gasteiger partial charge < -0.3 is 11.1 Å². The van der Waals surface area contributed by atoms with Crippen LogP contribution in [0, 0.1) is 5.41 Å². The van der Waals surface area contributed by atoms with Crippen molar-refractivity contribution in [3.63, 3.8) is 0 Å². The van der Waals surface area contributed by atoms with E-state index in [4.69, 9.17) is 5.73 Å². The molecule has 1 aromatic rings. The molecule has 0 radical (unpaired) electrons. The average Bonchev–Trinajstić information content (AvgIpc) is 2.88. The number of hydrogen-bond acceptors (Lipinski definition) is 2. The maximum absolute atomic E-state index is 12.5. The minimum Gasteiger partial charge on any atom is -0.349 e. The highest BCUT2D eigenvalue weighted by molar-refractivity contribution is 9.10. The van der Waals surface area contributed by atoms with Gasteiger partial charge in [-0.05, 0) is 37.5 Å². The van der Waals surface area contributed by atoms with Crippen molar-refractivity contribution in [2.75, 3.05) is 6.54 Å². The highest BCUT2D eigenvalue weighted by Crippen LogP contribution is 2.37. The largest absolute Gasteiger partial charge is 0.349 e. The fourth-order valence-electron chi connectivity index (χ4n) is 2.78. The smallest absolute Gasteiger partial charge is 0.227 e. The number of halogens is 2. The van der Waals surface area contributed by atoms with E-state index in [1.54, 1.807) is 0 Å². The van der Waals surface area contributed by atoms with Crippen molar-refractivity contribution in [1.29, 1.82) is 0 Å². The standard InChI is InChI=1S/C15H21BrN2O.ClH/c1-11(12-5-4-6-13(16)9-12)18-14(19)15(10-17)7-2-3-8-15;/h4-6,9,11H,2-3,7-8,10,17H2,1H3,(H,18,19);1H. The van der Waals surface area contributed by atoms with Crippen LogP contribution in [0.15, 0.2) is 28.7 Å². The Bertz CT molecular complexity index is 461. The Hall–Kier alpha value is -0.580. The number of carbonyl (C=O) groups is 1. The third-order valence-corrected chi connectivity index (χ3v) is 4.62. The van der Waals surface area contributed by atoms with E-state index in [1.165, 1.54) is 0 Å². The van der Waals surface area contributed by atoms with Gasteiger partial charge in [-0.3, -0.25) is 4.79 Å². The van der Waals surface area contributed by atoms with Crippen LogP contribution >= 0.6 is 28.3 Å². The SMILES string of the molecule is CC(NC(=O)C1(CN)CCCC1)c1cccc(Br)c1.Cl. The van der Waals surface area contributed by atoms with Gasteiger partial charge in [-0.1, -0.05) is 40.9 Å². The lowest BCUT2D eigenvalue weighted by molar-refractivity contribution is -0.131.